The van der Waals surface area contributed by atoms with Gasteiger partial charge in [0.05, 0.1) is 24.6 Å². The molecule has 1 aromatic carbocycles. The van der Waals surface area contributed by atoms with E-state index in [1.54, 1.807) is 24.3 Å². The third-order valence-corrected chi connectivity index (χ3v) is 3.74. The monoisotopic (exact) mass is 309 g/mol. The van der Waals surface area contributed by atoms with Gasteiger partial charge < -0.3 is 15.2 Å². The van der Waals surface area contributed by atoms with Gasteiger partial charge in [0, 0.05) is 5.02 Å². The topological polar surface area (TPSA) is 75.6 Å². The number of halogens is 1. The standard InChI is InChI=1S/C15H16ClNO4/c1-21-13-7-6-9(16)8-12(13)17-14(18)10-4-2-3-5-11(10)15(19)20/h2-3,6-8,10-11H,4-5H2,1H3,(H,17,18)(H,19,20)/t10-,11-/m1/s1. The molecule has 2 N–H and O–H groups in total. The van der Waals surface area contributed by atoms with Crippen molar-refractivity contribution in [2.24, 2.45) is 11.8 Å². The lowest BCUT2D eigenvalue weighted by Gasteiger charge is -2.24. The molecule has 1 aromatic rings. The van der Waals surface area contributed by atoms with E-state index in [1.807, 2.05) is 6.08 Å². The number of aliphatic carboxylic acids is 1. The molecule has 0 unspecified atom stereocenters. The van der Waals surface area contributed by atoms with E-state index >= 15 is 0 Å². The van der Waals surface area contributed by atoms with Gasteiger partial charge in [-0.05, 0) is 31.0 Å². The van der Waals surface area contributed by atoms with E-state index in [1.165, 1.54) is 7.11 Å². The number of amides is 1. The fourth-order valence-corrected chi connectivity index (χ4v) is 2.55. The molecule has 0 spiro atoms. The summed E-state index contributed by atoms with van der Waals surface area (Å²) in [5.41, 5.74) is 0.439. The number of hydrogen-bond donors (Lipinski definition) is 2. The second kappa shape index (κ2) is 6.63. The average Bonchev–Trinajstić information content (AvgIpc) is 2.47. The van der Waals surface area contributed by atoms with Crippen molar-refractivity contribution in [3.63, 3.8) is 0 Å². The van der Waals surface area contributed by atoms with Crippen molar-refractivity contribution in [2.45, 2.75) is 12.8 Å². The maximum atomic E-state index is 12.4. The summed E-state index contributed by atoms with van der Waals surface area (Å²) in [6.07, 6.45) is 4.40. The van der Waals surface area contributed by atoms with Crippen molar-refractivity contribution in [1.82, 2.24) is 0 Å². The number of ether oxygens (including phenoxy) is 1. The normalized spacial score (nSPS) is 20.9. The fourth-order valence-electron chi connectivity index (χ4n) is 2.38. The number of allylic oxidation sites excluding steroid dienone is 2. The second-order valence-corrected chi connectivity index (χ2v) is 5.26. The van der Waals surface area contributed by atoms with Crippen LogP contribution in [-0.4, -0.2) is 24.1 Å². The highest BCUT2D eigenvalue weighted by Gasteiger charge is 2.34. The highest BCUT2D eigenvalue weighted by molar-refractivity contribution is 6.31. The van der Waals surface area contributed by atoms with Gasteiger partial charge in [0.25, 0.3) is 0 Å². The molecule has 2 rings (SSSR count). The zero-order valence-electron chi connectivity index (χ0n) is 11.5. The number of carbonyl (C=O) groups is 2. The molecule has 0 heterocycles. The lowest BCUT2D eigenvalue weighted by Crippen LogP contribution is -2.34. The Labute approximate surface area is 127 Å². The molecule has 1 aliphatic carbocycles. The van der Waals surface area contributed by atoms with Crippen LogP contribution in [-0.2, 0) is 9.59 Å². The summed E-state index contributed by atoms with van der Waals surface area (Å²) in [6.45, 7) is 0. The van der Waals surface area contributed by atoms with E-state index in [0.717, 1.165) is 0 Å². The Balaban J connectivity index is 2.19. The SMILES string of the molecule is COc1ccc(Cl)cc1NC(=O)[C@@H]1CC=CC[C@H]1C(=O)O. The number of benzene rings is 1. The number of nitrogens with one attached hydrogen (secondary N) is 1. The number of hydrogen-bond acceptors (Lipinski definition) is 3. The lowest BCUT2D eigenvalue weighted by atomic mass is 9.82. The maximum absolute atomic E-state index is 12.4. The Morgan fingerprint density at radius 2 is 1.95 bits per heavy atom. The number of carboxylic acid groups (broad SMARTS) is 1. The van der Waals surface area contributed by atoms with Crippen LogP contribution in [0.5, 0.6) is 5.75 Å². The molecule has 21 heavy (non-hydrogen) atoms. The molecule has 0 fully saturated rings. The van der Waals surface area contributed by atoms with Crippen molar-refractivity contribution in [1.29, 1.82) is 0 Å². The minimum absolute atomic E-state index is 0.340. The molecule has 1 aliphatic rings. The first-order valence-electron chi connectivity index (χ1n) is 6.55. The van der Waals surface area contributed by atoms with Gasteiger partial charge in [-0.25, -0.2) is 0 Å². The molecule has 0 saturated carbocycles. The van der Waals surface area contributed by atoms with Crippen LogP contribution < -0.4 is 10.1 Å². The van der Waals surface area contributed by atoms with Crippen molar-refractivity contribution in [3.05, 3.63) is 35.4 Å². The van der Waals surface area contributed by atoms with Crippen LogP contribution in [0.1, 0.15) is 12.8 Å². The summed E-state index contributed by atoms with van der Waals surface area (Å²) in [4.78, 5) is 23.6. The van der Waals surface area contributed by atoms with Gasteiger partial charge in [-0.1, -0.05) is 23.8 Å². The van der Waals surface area contributed by atoms with Gasteiger partial charge in [-0.3, -0.25) is 9.59 Å². The van der Waals surface area contributed by atoms with Crippen molar-refractivity contribution >= 4 is 29.2 Å². The summed E-state index contributed by atoms with van der Waals surface area (Å²) in [5, 5.41) is 12.4. The summed E-state index contributed by atoms with van der Waals surface area (Å²) in [6, 6.07) is 4.87. The quantitative estimate of drug-likeness (QED) is 0.838. The van der Waals surface area contributed by atoms with Gasteiger partial charge in [0.1, 0.15) is 5.75 Å². The molecule has 0 radical (unpaired) electrons. The first-order chi connectivity index (χ1) is 10.0. The van der Waals surface area contributed by atoms with Gasteiger partial charge in [0.2, 0.25) is 5.91 Å². The number of anilines is 1. The summed E-state index contributed by atoms with van der Waals surface area (Å²) in [5.74, 6) is -2.13. The molecule has 0 aliphatic heterocycles. The maximum Gasteiger partial charge on any atom is 0.307 e. The Morgan fingerprint density at radius 1 is 1.29 bits per heavy atom. The van der Waals surface area contributed by atoms with Crippen LogP contribution in [0.15, 0.2) is 30.4 Å². The van der Waals surface area contributed by atoms with Crippen LogP contribution in [0.2, 0.25) is 5.02 Å². The van der Waals surface area contributed by atoms with E-state index < -0.39 is 17.8 Å². The predicted octanol–water partition coefficient (Wildman–Crippen LogP) is 2.95. The van der Waals surface area contributed by atoms with Crippen molar-refractivity contribution in [2.75, 3.05) is 12.4 Å². The molecule has 2 atom stereocenters. The molecule has 1 amide bonds. The number of methoxy groups -OCH3 is 1. The number of carbonyl (C=O) groups excluding carboxylic acids is 1. The molecule has 6 heteroatoms. The Kier molecular flexibility index (Phi) is 4.85. The third kappa shape index (κ3) is 3.55. The minimum Gasteiger partial charge on any atom is -0.495 e. The van der Waals surface area contributed by atoms with Crippen LogP contribution in [0.25, 0.3) is 0 Å². The highest BCUT2D eigenvalue weighted by atomic mass is 35.5. The molecule has 112 valence electrons. The van der Waals surface area contributed by atoms with E-state index in [-0.39, 0.29) is 5.91 Å². The van der Waals surface area contributed by atoms with E-state index in [2.05, 4.69) is 5.32 Å². The summed E-state index contributed by atoms with van der Waals surface area (Å²) < 4.78 is 5.16. The highest BCUT2D eigenvalue weighted by Crippen LogP contribution is 2.31. The Morgan fingerprint density at radius 3 is 2.57 bits per heavy atom. The van der Waals surface area contributed by atoms with Gasteiger partial charge >= 0.3 is 5.97 Å². The van der Waals surface area contributed by atoms with E-state index in [4.69, 9.17) is 16.3 Å². The Hall–Kier alpha value is -2.01. The minimum atomic E-state index is -0.961. The first kappa shape index (κ1) is 15.4. The van der Waals surface area contributed by atoms with Crippen LogP contribution in [0.3, 0.4) is 0 Å². The van der Waals surface area contributed by atoms with Crippen LogP contribution in [0, 0.1) is 11.8 Å². The molecular formula is C15H16ClNO4. The zero-order valence-corrected chi connectivity index (χ0v) is 12.3. The smallest absolute Gasteiger partial charge is 0.307 e. The van der Waals surface area contributed by atoms with Crippen molar-refractivity contribution in [3.8, 4) is 5.75 Å². The molecule has 0 saturated heterocycles. The fraction of sp³-hybridized carbons (Fsp3) is 0.333. The molecular weight excluding hydrogens is 294 g/mol. The number of rotatable bonds is 4. The molecule has 0 bridgehead atoms. The van der Waals surface area contributed by atoms with Gasteiger partial charge in [-0.2, -0.15) is 0 Å². The van der Waals surface area contributed by atoms with Gasteiger partial charge in [0.15, 0.2) is 0 Å². The summed E-state index contributed by atoms with van der Waals surface area (Å²) in [7, 11) is 1.49. The van der Waals surface area contributed by atoms with Crippen LogP contribution in [0.4, 0.5) is 5.69 Å². The van der Waals surface area contributed by atoms with E-state index in [0.29, 0.717) is 29.3 Å². The second-order valence-electron chi connectivity index (χ2n) is 4.83. The average molecular weight is 310 g/mol. The largest absolute Gasteiger partial charge is 0.495 e. The van der Waals surface area contributed by atoms with E-state index in [9.17, 15) is 14.7 Å². The third-order valence-electron chi connectivity index (χ3n) is 3.51. The van der Waals surface area contributed by atoms with Crippen molar-refractivity contribution < 1.29 is 19.4 Å². The van der Waals surface area contributed by atoms with Crippen LogP contribution >= 0.6 is 11.6 Å². The first-order valence-corrected chi connectivity index (χ1v) is 6.93. The lowest BCUT2D eigenvalue weighted by molar-refractivity contribution is -0.146. The zero-order chi connectivity index (χ0) is 15.4. The molecule has 0 aromatic heterocycles. The molecule has 5 nitrogen and oxygen atoms in total. The number of carboxylic acids is 1. The summed E-state index contributed by atoms with van der Waals surface area (Å²) >= 11 is 5.91. The van der Waals surface area contributed by atoms with Gasteiger partial charge in [-0.15, -0.1) is 0 Å². The predicted molar refractivity (Wildman–Crippen MR) is 79.6 cm³/mol. The Bertz CT molecular complexity index is 585.